The van der Waals surface area contributed by atoms with Crippen LogP contribution in [0.3, 0.4) is 0 Å². The highest BCUT2D eigenvalue weighted by Crippen LogP contribution is 2.25. The zero-order valence-electron chi connectivity index (χ0n) is 12.9. The number of nitrogens with zero attached hydrogens (tertiary/aromatic N) is 4. The van der Waals surface area contributed by atoms with E-state index in [1.807, 2.05) is 6.20 Å². The Labute approximate surface area is 125 Å². The van der Waals surface area contributed by atoms with Crippen LogP contribution in [0.5, 0.6) is 0 Å². The van der Waals surface area contributed by atoms with Crippen LogP contribution in [-0.4, -0.2) is 26.2 Å². The normalized spacial score (nSPS) is 19.7. The third-order valence-corrected chi connectivity index (χ3v) is 4.08. The number of fused-ring (bicyclic) bond motifs is 1. The van der Waals surface area contributed by atoms with Gasteiger partial charge in [0.2, 0.25) is 5.89 Å². The van der Waals surface area contributed by atoms with E-state index in [2.05, 4.69) is 52.0 Å². The van der Waals surface area contributed by atoms with Gasteiger partial charge in [-0.05, 0) is 19.8 Å². The van der Waals surface area contributed by atoms with Crippen LogP contribution in [0.15, 0.2) is 16.9 Å². The first-order valence-corrected chi connectivity index (χ1v) is 7.73. The summed E-state index contributed by atoms with van der Waals surface area (Å²) in [5.74, 6) is 3.38. The molecule has 0 bridgehead atoms. The van der Waals surface area contributed by atoms with Gasteiger partial charge < -0.3 is 14.4 Å². The maximum atomic E-state index is 5.34. The largest absolute Gasteiger partial charge is 0.338 e. The van der Waals surface area contributed by atoms with Crippen LogP contribution in [-0.2, 0) is 6.54 Å². The summed E-state index contributed by atoms with van der Waals surface area (Å²) in [7, 11) is 0. The molecule has 1 N–H and O–H groups in total. The van der Waals surface area contributed by atoms with E-state index >= 15 is 0 Å². The average Bonchev–Trinajstić information content (AvgIpc) is 3.13. The molecule has 1 aliphatic rings. The van der Waals surface area contributed by atoms with Crippen molar-refractivity contribution in [2.45, 2.75) is 58.0 Å². The predicted octanol–water partition coefficient (Wildman–Crippen LogP) is 2.62. The second-order valence-corrected chi connectivity index (χ2v) is 6.09. The number of aromatic nitrogens is 4. The van der Waals surface area contributed by atoms with Crippen molar-refractivity contribution >= 4 is 0 Å². The molecule has 2 aromatic rings. The van der Waals surface area contributed by atoms with Gasteiger partial charge >= 0.3 is 0 Å². The molecule has 6 heteroatoms. The Bertz CT molecular complexity index is 588. The van der Waals surface area contributed by atoms with Crippen molar-refractivity contribution in [2.75, 3.05) is 6.54 Å². The summed E-state index contributed by atoms with van der Waals surface area (Å²) < 4.78 is 7.59. The Kier molecular flexibility index (Phi) is 4.05. The lowest BCUT2D eigenvalue weighted by Crippen LogP contribution is -2.28. The topological polar surface area (TPSA) is 68.8 Å². The molecular formula is C15H23N5O. The summed E-state index contributed by atoms with van der Waals surface area (Å²) in [5, 5.41) is 7.52. The van der Waals surface area contributed by atoms with Gasteiger partial charge in [0.05, 0.1) is 6.04 Å². The molecule has 0 spiro atoms. The summed E-state index contributed by atoms with van der Waals surface area (Å²) in [6.07, 6.45) is 6.35. The minimum absolute atomic E-state index is 0.0651. The highest BCUT2D eigenvalue weighted by Gasteiger charge is 2.23. The molecule has 0 saturated carbocycles. The zero-order valence-corrected chi connectivity index (χ0v) is 12.9. The van der Waals surface area contributed by atoms with Crippen LogP contribution in [0, 0.1) is 0 Å². The molecule has 2 unspecified atom stereocenters. The number of aryl methyl sites for hydroxylation is 1. The van der Waals surface area contributed by atoms with Crippen molar-refractivity contribution in [3.63, 3.8) is 0 Å². The Hall–Kier alpha value is -1.69. The van der Waals surface area contributed by atoms with Crippen molar-refractivity contribution in [2.24, 2.45) is 0 Å². The molecule has 1 aliphatic heterocycles. The first-order valence-electron chi connectivity index (χ1n) is 7.73. The smallest absolute Gasteiger partial charge is 0.243 e. The van der Waals surface area contributed by atoms with Gasteiger partial charge in [0, 0.05) is 37.3 Å². The number of rotatable bonds is 5. The van der Waals surface area contributed by atoms with E-state index in [1.165, 1.54) is 18.7 Å². The fourth-order valence-corrected chi connectivity index (χ4v) is 2.76. The predicted molar refractivity (Wildman–Crippen MR) is 79.0 cm³/mol. The monoisotopic (exact) mass is 289 g/mol. The Morgan fingerprint density at radius 3 is 3.05 bits per heavy atom. The molecule has 0 aliphatic carbocycles. The molecular weight excluding hydrogens is 266 g/mol. The molecule has 21 heavy (non-hydrogen) atoms. The van der Waals surface area contributed by atoms with Gasteiger partial charge in [-0.1, -0.05) is 19.0 Å². The van der Waals surface area contributed by atoms with Crippen molar-refractivity contribution in [3.8, 4) is 0 Å². The standard InChI is InChI=1S/C15H23N5O/c1-10(2)13-18-15(21-19-13)11(3)17-9-12-5-4-7-20-8-6-16-14(12)20/h6,8,10-12,17H,4-5,7,9H2,1-3H3. The highest BCUT2D eigenvalue weighted by molar-refractivity contribution is 5.05. The molecule has 0 fully saturated rings. The van der Waals surface area contributed by atoms with Crippen molar-refractivity contribution < 1.29 is 4.52 Å². The first kappa shape index (κ1) is 14.3. The van der Waals surface area contributed by atoms with Crippen LogP contribution in [0.2, 0.25) is 0 Å². The quantitative estimate of drug-likeness (QED) is 0.916. The van der Waals surface area contributed by atoms with Crippen LogP contribution in [0.25, 0.3) is 0 Å². The van der Waals surface area contributed by atoms with Crippen molar-refractivity contribution in [1.82, 2.24) is 25.0 Å². The summed E-state index contributed by atoms with van der Waals surface area (Å²) in [5.41, 5.74) is 0. The minimum atomic E-state index is 0.0651. The number of nitrogens with one attached hydrogen (secondary N) is 1. The lowest BCUT2D eigenvalue weighted by molar-refractivity contribution is 0.325. The van der Waals surface area contributed by atoms with E-state index in [0.29, 0.717) is 17.7 Å². The van der Waals surface area contributed by atoms with Crippen LogP contribution >= 0.6 is 0 Å². The fourth-order valence-electron chi connectivity index (χ4n) is 2.76. The van der Waals surface area contributed by atoms with E-state index in [1.54, 1.807) is 0 Å². The third-order valence-electron chi connectivity index (χ3n) is 4.08. The van der Waals surface area contributed by atoms with Gasteiger partial charge in [-0.2, -0.15) is 4.98 Å². The second kappa shape index (κ2) is 5.97. The SMILES string of the molecule is CC(C)c1noc(C(C)NCC2CCCn3ccnc32)n1. The molecule has 6 nitrogen and oxygen atoms in total. The van der Waals surface area contributed by atoms with Gasteiger partial charge in [0.1, 0.15) is 5.82 Å². The molecule has 0 radical (unpaired) electrons. The maximum absolute atomic E-state index is 5.34. The summed E-state index contributed by atoms with van der Waals surface area (Å²) in [6.45, 7) is 8.16. The van der Waals surface area contributed by atoms with Crippen LogP contribution in [0.4, 0.5) is 0 Å². The molecule has 0 saturated heterocycles. The van der Waals surface area contributed by atoms with E-state index < -0.39 is 0 Å². The van der Waals surface area contributed by atoms with E-state index in [9.17, 15) is 0 Å². The molecule has 3 rings (SSSR count). The molecule has 0 amide bonds. The van der Waals surface area contributed by atoms with Crippen molar-refractivity contribution in [1.29, 1.82) is 0 Å². The zero-order chi connectivity index (χ0) is 14.8. The number of hydrogen-bond acceptors (Lipinski definition) is 5. The third kappa shape index (κ3) is 3.00. The average molecular weight is 289 g/mol. The summed E-state index contributed by atoms with van der Waals surface area (Å²) in [6, 6.07) is 0.0651. The van der Waals surface area contributed by atoms with E-state index in [4.69, 9.17) is 4.52 Å². The van der Waals surface area contributed by atoms with Gasteiger partial charge in [-0.3, -0.25) is 0 Å². The van der Waals surface area contributed by atoms with Gasteiger partial charge in [-0.15, -0.1) is 0 Å². The van der Waals surface area contributed by atoms with Crippen LogP contribution < -0.4 is 5.32 Å². The number of imidazole rings is 1. The van der Waals surface area contributed by atoms with E-state index in [-0.39, 0.29) is 6.04 Å². The molecule has 2 atom stereocenters. The van der Waals surface area contributed by atoms with Gasteiger partial charge in [-0.25, -0.2) is 4.98 Å². The Morgan fingerprint density at radius 2 is 2.29 bits per heavy atom. The van der Waals surface area contributed by atoms with Crippen LogP contribution in [0.1, 0.15) is 69.0 Å². The Morgan fingerprint density at radius 1 is 1.43 bits per heavy atom. The van der Waals surface area contributed by atoms with Gasteiger partial charge in [0.25, 0.3) is 0 Å². The molecule has 3 heterocycles. The lowest BCUT2D eigenvalue weighted by Gasteiger charge is -2.24. The molecule has 2 aromatic heterocycles. The maximum Gasteiger partial charge on any atom is 0.243 e. The summed E-state index contributed by atoms with van der Waals surface area (Å²) in [4.78, 5) is 8.93. The second-order valence-electron chi connectivity index (χ2n) is 6.09. The molecule has 0 aromatic carbocycles. The van der Waals surface area contributed by atoms with E-state index in [0.717, 1.165) is 18.9 Å². The lowest BCUT2D eigenvalue weighted by atomic mass is 9.98. The fraction of sp³-hybridized carbons (Fsp3) is 0.667. The minimum Gasteiger partial charge on any atom is -0.338 e. The van der Waals surface area contributed by atoms with Gasteiger partial charge in [0.15, 0.2) is 5.82 Å². The highest BCUT2D eigenvalue weighted by atomic mass is 16.5. The van der Waals surface area contributed by atoms with Crippen molar-refractivity contribution in [3.05, 3.63) is 29.9 Å². The summed E-state index contributed by atoms with van der Waals surface area (Å²) >= 11 is 0. The first-order chi connectivity index (χ1) is 10.1. The number of hydrogen-bond donors (Lipinski definition) is 1. The Balaban J connectivity index is 1.60. The molecule has 114 valence electrons.